The van der Waals surface area contributed by atoms with Crippen LogP contribution in [0, 0.1) is 0 Å². The molecule has 0 atom stereocenters. The summed E-state index contributed by atoms with van der Waals surface area (Å²) in [6.07, 6.45) is 20.8. The Morgan fingerprint density at radius 3 is 1.13 bits per heavy atom. The molecule has 10 nitrogen and oxygen atoms in total. The van der Waals surface area contributed by atoms with Gasteiger partial charge >= 0.3 is 6.09 Å². The van der Waals surface area contributed by atoms with Gasteiger partial charge in [0.15, 0.2) is 0 Å². The van der Waals surface area contributed by atoms with Crippen LogP contribution in [0.3, 0.4) is 0 Å². The number of carbonyl (C=O) groups is 1. The molecule has 107 heavy (non-hydrogen) atoms. The lowest BCUT2D eigenvalue weighted by Crippen LogP contribution is -2.33. The van der Waals surface area contributed by atoms with Crippen molar-refractivity contribution >= 4 is 71.5 Å². The molecule has 0 radical (unpaired) electrons. The predicted molar refractivity (Wildman–Crippen MR) is 464 cm³/mol. The monoisotopic (exact) mass is 1450 g/mol. The molecule has 0 spiro atoms. The molecule has 7 N–H and O–H groups in total. The van der Waals surface area contributed by atoms with Gasteiger partial charge in [-0.15, -0.1) is 0 Å². The summed E-state index contributed by atoms with van der Waals surface area (Å²) in [5, 5.41) is 10.9. The van der Waals surface area contributed by atoms with E-state index in [0.717, 1.165) is 43.9 Å². The maximum absolute atomic E-state index is 11.7. The smallest absolute Gasteiger partial charge is 0.407 e. The molecule has 6 heterocycles. The fourth-order valence-electron chi connectivity index (χ4n) is 14.1. The molecule has 12 aromatic rings. The van der Waals surface area contributed by atoms with Gasteiger partial charge in [-0.3, -0.25) is 0 Å². The van der Waals surface area contributed by atoms with Crippen molar-refractivity contribution in [3.63, 3.8) is 0 Å². The Morgan fingerprint density at radius 2 is 0.738 bits per heavy atom. The molecule has 1 aliphatic rings. The average Bonchev–Trinajstić information content (AvgIpc) is 1.66. The van der Waals surface area contributed by atoms with Crippen LogP contribution in [0.25, 0.3) is 65.4 Å². The molecule has 0 unspecified atom stereocenters. The number of benzene rings is 6. The molecule has 0 saturated heterocycles. The molecule has 6 aromatic heterocycles. The first-order valence-corrected chi connectivity index (χ1v) is 40.0. The minimum absolute atomic E-state index is 0.137. The highest BCUT2D eigenvalue weighted by atomic mass is 16.6. The second-order valence-electron chi connectivity index (χ2n) is 38.6. The van der Waals surface area contributed by atoms with E-state index >= 15 is 0 Å². The highest BCUT2D eigenvalue weighted by Gasteiger charge is 2.25. The van der Waals surface area contributed by atoms with Crippen LogP contribution in [0.4, 0.5) is 4.79 Å². The van der Waals surface area contributed by atoms with E-state index in [0.29, 0.717) is 12.5 Å². The Morgan fingerprint density at radius 1 is 0.402 bits per heavy atom. The lowest BCUT2D eigenvalue weighted by Gasteiger charge is -2.20. The number of nitrogens with one attached hydrogen (secondary N) is 7. The second-order valence-corrected chi connectivity index (χ2v) is 38.6. The van der Waals surface area contributed by atoms with Crippen molar-refractivity contribution in [2.24, 2.45) is 0 Å². The molecule has 6 aromatic carbocycles. The molecule has 1 amide bonds. The molecule has 1 aliphatic carbocycles. The highest BCUT2D eigenvalue weighted by molar-refractivity contribution is 5.88. The zero-order valence-corrected chi connectivity index (χ0v) is 71.3. The van der Waals surface area contributed by atoms with Crippen LogP contribution in [0.2, 0.25) is 0 Å². The molecular weight excluding hydrogens is 1310 g/mol. The van der Waals surface area contributed by atoms with Gasteiger partial charge < -0.3 is 44.7 Å². The number of aromatic amines is 6. The van der Waals surface area contributed by atoms with Gasteiger partial charge in [0.1, 0.15) is 5.60 Å². The summed E-state index contributed by atoms with van der Waals surface area (Å²) in [5.74, 6) is 1.37. The van der Waals surface area contributed by atoms with E-state index in [1.807, 2.05) is 33.9 Å². The van der Waals surface area contributed by atoms with Crippen LogP contribution < -0.4 is 5.32 Å². The number of alkyl carbamates (subject to hydrolysis) is 1. The lowest BCUT2D eigenvalue weighted by molar-refractivity contribution is 0.0528. The molecule has 1 saturated carbocycles. The number of hydrogen-bond donors (Lipinski definition) is 7. The van der Waals surface area contributed by atoms with Gasteiger partial charge in [-0.05, 0) is 213 Å². The zero-order valence-electron chi connectivity index (χ0n) is 71.3. The fourth-order valence-corrected chi connectivity index (χ4v) is 14.1. The number of aromatic nitrogens is 6. The molecule has 578 valence electrons. The third-order valence-electron chi connectivity index (χ3n) is 21.0. The van der Waals surface area contributed by atoms with Crippen molar-refractivity contribution in [1.82, 2.24) is 35.2 Å². The second kappa shape index (κ2) is 34.1. The van der Waals surface area contributed by atoms with Gasteiger partial charge in [-0.2, -0.15) is 0 Å². The normalized spacial score (nSPS) is 13.4. The van der Waals surface area contributed by atoms with E-state index in [-0.39, 0.29) is 44.0 Å². The van der Waals surface area contributed by atoms with E-state index in [9.17, 15) is 4.79 Å². The summed E-state index contributed by atoms with van der Waals surface area (Å²) < 4.78 is 10.7. The zero-order chi connectivity index (χ0) is 79.0. The third kappa shape index (κ3) is 22.7. The van der Waals surface area contributed by atoms with E-state index in [1.54, 1.807) is 5.56 Å². The van der Waals surface area contributed by atoms with Crippen molar-refractivity contribution in [1.29, 1.82) is 0 Å². The van der Waals surface area contributed by atoms with Crippen LogP contribution >= 0.6 is 0 Å². The van der Waals surface area contributed by atoms with Crippen molar-refractivity contribution < 1.29 is 14.3 Å². The van der Waals surface area contributed by atoms with Crippen molar-refractivity contribution in [3.8, 4) is 0 Å². The molecule has 0 bridgehead atoms. The molecule has 13 rings (SSSR count). The molecular formula is C97H137N7O3. The SMILES string of the molecule is CC(C)(C)OC(=O)NCCc1c[nH]c2cc(C(C)(C)C)ccc12.CC(C)(C)c1ccc2c(C(C)(C)C)c[nH]c2c1.CC(C)(C)c1ccc2c(C3CCCC3)c[nH]c2c1.CC(C)c1c[nH]c2cc(C(C)(C)C)ccc12.CCOCCc1c[nH]c2cc(C(C)(C)C)ccc12.CCc1c[nH]c2cc(C(C)(C)C)ccc12. The Kier molecular flexibility index (Phi) is 26.9. The molecule has 1 fully saturated rings. The summed E-state index contributed by atoms with van der Waals surface area (Å²) in [6.45, 7) is 63.6. The Balaban J connectivity index is 0.000000163. The summed E-state index contributed by atoms with van der Waals surface area (Å²) in [6, 6.07) is 40.6. The van der Waals surface area contributed by atoms with Gasteiger partial charge in [-0.25, -0.2) is 4.79 Å². The summed E-state index contributed by atoms with van der Waals surface area (Å²) in [7, 11) is 0. The van der Waals surface area contributed by atoms with E-state index in [1.165, 1.54) is 147 Å². The minimum atomic E-state index is -0.464. The predicted octanol–water partition coefficient (Wildman–Crippen LogP) is 27.1. The van der Waals surface area contributed by atoms with Crippen LogP contribution in [0.15, 0.2) is 146 Å². The fraction of sp³-hybridized carbons (Fsp3) is 0.495. The first kappa shape index (κ1) is 84.4. The van der Waals surface area contributed by atoms with Crippen LogP contribution in [-0.4, -0.2) is 61.4 Å². The number of ether oxygens (including phenoxy) is 2. The Bertz CT molecular complexity index is 4850. The number of fused-ring (bicyclic) bond motifs is 6. The number of hydrogen-bond acceptors (Lipinski definition) is 3. The minimum Gasteiger partial charge on any atom is -0.444 e. The van der Waals surface area contributed by atoms with Gasteiger partial charge in [0.25, 0.3) is 0 Å². The van der Waals surface area contributed by atoms with Gasteiger partial charge in [0, 0.05) is 116 Å². The lowest BCUT2D eigenvalue weighted by atomic mass is 9.84. The van der Waals surface area contributed by atoms with Crippen molar-refractivity contribution in [2.75, 3.05) is 19.8 Å². The first-order valence-electron chi connectivity index (χ1n) is 40.0. The Hall–Kier alpha value is -8.21. The van der Waals surface area contributed by atoms with Crippen molar-refractivity contribution in [3.05, 3.63) is 213 Å². The summed E-state index contributed by atoms with van der Waals surface area (Å²) >= 11 is 0. The van der Waals surface area contributed by atoms with Crippen LogP contribution in [-0.2, 0) is 66.6 Å². The summed E-state index contributed by atoms with van der Waals surface area (Å²) in [5.41, 5.74) is 25.0. The van der Waals surface area contributed by atoms with Crippen LogP contribution in [0.5, 0.6) is 0 Å². The van der Waals surface area contributed by atoms with Crippen LogP contribution in [0.1, 0.15) is 298 Å². The third-order valence-corrected chi connectivity index (χ3v) is 21.0. The first-order chi connectivity index (χ1) is 49.7. The number of H-pyrrole nitrogens is 6. The van der Waals surface area contributed by atoms with E-state index in [4.69, 9.17) is 9.47 Å². The van der Waals surface area contributed by atoms with Crippen molar-refractivity contribution in [2.45, 2.75) is 294 Å². The number of aryl methyl sites for hydroxylation is 1. The summed E-state index contributed by atoms with van der Waals surface area (Å²) in [4.78, 5) is 32.0. The van der Waals surface area contributed by atoms with E-state index in [2.05, 4.69) is 342 Å². The maximum Gasteiger partial charge on any atom is 0.407 e. The van der Waals surface area contributed by atoms with Gasteiger partial charge in [0.05, 0.1) is 6.61 Å². The maximum atomic E-state index is 11.7. The highest BCUT2D eigenvalue weighted by Crippen LogP contribution is 2.40. The number of amides is 1. The Labute approximate surface area is 644 Å². The number of rotatable bonds is 10. The quantitative estimate of drug-likeness (QED) is 0.0686. The number of carbonyl (C=O) groups excluding carboxylic acids is 1. The van der Waals surface area contributed by atoms with Gasteiger partial charge in [0.2, 0.25) is 0 Å². The largest absolute Gasteiger partial charge is 0.444 e. The standard InChI is InChI=1S/C19H28N2O2.C17H23N.C16H23NO.C16H23N.C15H21N.C14H19N/c1-18(2,3)14-7-8-15-13(12-21-16(15)11-14)9-10-20-17(22)23-19(4,5)6;1-17(2,3)13-8-9-14-15(11-18-16(14)10-13)12-6-4-5-7-12;1-5-18-9-8-12-11-17-15-10-13(16(2,3)4)6-7-14(12)15;1-15(2,3)11-7-8-12-13(16(4,5)6)10-17-14(12)9-11;1-10(2)13-9-16-14-8-11(15(3,4)5)6-7-12(13)14;1-5-10-9-15-13-8-11(14(2,3)4)6-7-12(10)13/h7-8,11-12,21H,9-10H2,1-6H3,(H,20,22);8-12,18H,4-7H2,1-3H3;6-7,10-11,17H,5,8-9H2,1-4H3;7-10,17H,1-6H3;6-10,16H,1-5H3;6-9,15H,5H2,1-4H3. The molecule has 10 heteroatoms. The topological polar surface area (TPSA) is 142 Å². The molecule has 0 aliphatic heterocycles. The van der Waals surface area contributed by atoms with E-state index < -0.39 is 5.60 Å². The average molecular weight is 1450 g/mol. The van der Waals surface area contributed by atoms with Gasteiger partial charge in [-0.1, -0.05) is 252 Å².